The Kier molecular flexibility index (Phi) is 3.08. The Morgan fingerprint density at radius 2 is 2.14 bits per heavy atom. The Hall–Kier alpha value is -1.65. The molecule has 0 N–H and O–H groups in total. The molecule has 0 amide bonds. The van der Waals surface area contributed by atoms with Crippen molar-refractivity contribution < 1.29 is 0 Å². The number of anilines is 2. The number of hydrogen-bond acceptors (Lipinski definition) is 4. The van der Waals surface area contributed by atoms with Gasteiger partial charge in [-0.3, -0.25) is 0 Å². The van der Waals surface area contributed by atoms with E-state index in [9.17, 15) is 0 Å². The maximum Gasteiger partial charge on any atom is 0.225 e. The summed E-state index contributed by atoms with van der Waals surface area (Å²) in [4.78, 5) is 13.4. The third-order valence-electron chi connectivity index (χ3n) is 3.89. The van der Waals surface area contributed by atoms with Crippen LogP contribution in [0.15, 0.2) is 30.3 Å². The highest BCUT2D eigenvalue weighted by Crippen LogP contribution is 2.39. The van der Waals surface area contributed by atoms with Crippen molar-refractivity contribution in [2.75, 3.05) is 11.4 Å². The normalized spacial score (nSPS) is 13.9. The van der Waals surface area contributed by atoms with Crippen LogP contribution in [-0.2, 0) is 12.8 Å². The molecule has 3 heterocycles. The summed E-state index contributed by atoms with van der Waals surface area (Å²) in [6.45, 7) is 3.10. The Labute approximate surface area is 132 Å². The van der Waals surface area contributed by atoms with Crippen LogP contribution in [-0.4, -0.2) is 16.5 Å². The number of rotatable bonds is 2. The van der Waals surface area contributed by atoms with Crippen molar-refractivity contribution in [2.45, 2.75) is 19.8 Å². The minimum atomic E-state index is 0.325. The van der Waals surface area contributed by atoms with Crippen LogP contribution in [0.4, 0.5) is 11.5 Å². The lowest BCUT2D eigenvalue weighted by atomic mass is 10.2. The number of fused-ring (bicyclic) bond motifs is 2. The summed E-state index contributed by atoms with van der Waals surface area (Å²) in [7, 11) is 0. The van der Waals surface area contributed by atoms with Gasteiger partial charge in [-0.1, -0.05) is 25.1 Å². The molecule has 1 aliphatic rings. The minimum Gasteiger partial charge on any atom is -0.325 e. The van der Waals surface area contributed by atoms with Crippen molar-refractivity contribution in [3.8, 4) is 0 Å². The lowest BCUT2D eigenvalue weighted by Crippen LogP contribution is -2.15. The van der Waals surface area contributed by atoms with E-state index in [1.807, 2.05) is 0 Å². The predicted octanol–water partition coefficient (Wildman–Crippen LogP) is 4.60. The standard InChI is InChI=1S/C16H14ClN3S/c1-2-11-9-12-14(18-16(17)19-15(12)21-11)20-8-7-10-5-3-4-6-13(10)20/h3-6,9H,2,7-8H2,1H3. The Morgan fingerprint density at radius 3 is 3.00 bits per heavy atom. The molecule has 3 aromatic rings. The van der Waals surface area contributed by atoms with Gasteiger partial charge in [0.05, 0.1) is 5.39 Å². The fraction of sp³-hybridized carbons (Fsp3) is 0.250. The number of benzene rings is 1. The highest BCUT2D eigenvalue weighted by molar-refractivity contribution is 7.18. The molecule has 3 nitrogen and oxygen atoms in total. The first kappa shape index (κ1) is 13.0. The van der Waals surface area contributed by atoms with E-state index in [0.717, 1.165) is 35.4 Å². The number of para-hydroxylation sites is 1. The summed E-state index contributed by atoms with van der Waals surface area (Å²) in [6, 6.07) is 10.7. The summed E-state index contributed by atoms with van der Waals surface area (Å²) in [5.74, 6) is 0.936. The minimum absolute atomic E-state index is 0.325. The molecule has 0 fully saturated rings. The lowest BCUT2D eigenvalue weighted by molar-refractivity contribution is 0.975. The molecule has 5 heteroatoms. The maximum atomic E-state index is 6.14. The van der Waals surface area contributed by atoms with Crippen LogP contribution in [0, 0.1) is 0 Å². The van der Waals surface area contributed by atoms with E-state index in [1.165, 1.54) is 16.1 Å². The van der Waals surface area contributed by atoms with Crippen LogP contribution in [0.2, 0.25) is 5.28 Å². The van der Waals surface area contributed by atoms with Gasteiger partial charge in [0.15, 0.2) is 0 Å². The third kappa shape index (κ3) is 2.10. The highest BCUT2D eigenvalue weighted by atomic mass is 35.5. The van der Waals surface area contributed by atoms with E-state index in [-0.39, 0.29) is 0 Å². The second-order valence-corrected chi connectivity index (χ2v) is 6.58. The van der Waals surface area contributed by atoms with E-state index in [0.29, 0.717) is 5.28 Å². The molecule has 0 saturated heterocycles. The molecule has 0 radical (unpaired) electrons. The van der Waals surface area contributed by atoms with Crippen molar-refractivity contribution in [1.82, 2.24) is 9.97 Å². The first-order valence-corrected chi connectivity index (χ1v) is 8.27. The molecule has 0 spiro atoms. The molecule has 0 saturated carbocycles. The molecule has 0 atom stereocenters. The fourth-order valence-corrected chi connectivity index (χ4v) is 4.05. The van der Waals surface area contributed by atoms with Crippen molar-refractivity contribution in [1.29, 1.82) is 0 Å². The van der Waals surface area contributed by atoms with Crippen LogP contribution < -0.4 is 4.90 Å². The lowest BCUT2D eigenvalue weighted by Gasteiger charge is -2.19. The summed E-state index contributed by atoms with van der Waals surface area (Å²) >= 11 is 7.84. The predicted molar refractivity (Wildman–Crippen MR) is 89.0 cm³/mol. The molecule has 2 aromatic heterocycles. The quantitative estimate of drug-likeness (QED) is 0.647. The molecule has 21 heavy (non-hydrogen) atoms. The van der Waals surface area contributed by atoms with Crippen molar-refractivity contribution in [3.05, 3.63) is 46.1 Å². The van der Waals surface area contributed by atoms with Crippen LogP contribution in [0.3, 0.4) is 0 Å². The maximum absolute atomic E-state index is 6.14. The van der Waals surface area contributed by atoms with Gasteiger partial charge in [-0.25, -0.2) is 4.98 Å². The molecule has 0 bridgehead atoms. The molecule has 0 aliphatic carbocycles. The number of halogens is 1. The first-order valence-electron chi connectivity index (χ1n) is 7.07. The molecule has 1 aliphatic heterocycles. The van der Waals surface area contributed by atoms with Crippen LogP contribution >= 0.6 is 22.9 Å². The zero-order chi connectivity index (χ0) is 14.4. The SMILES string of the molecule is CCc1cc2c(N3CCc4ccccc43)nc(Cl)nc2s1. The van der Waals surface area contributed by atoms with Crippen molar-refractivity contribution in [3.63, 3.8) is 0 Å². The third-order valence-corrected chi connectivity index (χ3v) is 5.23. The van der Waals surface area contributed by atoms with Gasteiger partial charge in [-0.15, -0.1) is 11.3 Å². The molecule has 1 aromatic carbocycles. The number of thiophene rings is 1. The van der Waals surface area contributed by atoms with Gasteiger partial charge in [0.25, 0.3) is 0 Å². The number of nitrogens with zero attached hydrogens (tertiary/aromatic N) is 3. The van der Waals surface area contributed by atoms with Gasteiger partial charge in [0, 0.05) is 17.1 Å². The Balaban J connectivity index is 1.93. The van der Waals surface area contributed by atoms with E-state index in [4.69, 9.17) is 11.6 Å². The zero-order valence-electron chi connectivity index (χ0n) is 11.6. The van der Waals surface area contributed by atoms with E-state index >= 15 is 0 Å². The van der Waals surface area contributed by atoms with Crippen molar-refractivity contribution in [2.24, 2.45) is 0 Å². The monoisotopic (exact) mass is 315 g/mol. The smallest absolute Gasteiger partial charge is 0.225 e. The van der Waals surface area contributed by atoms with Gasteiger partial charge in [-0.05, 0) is 42.1 Å². The van der Waals surface area contributed by atoms with Crippen LogP contribution in [0.1, 0.15) is 17.4 Å². The summed E-state index contributed by atoms with van der Waals surface area (Å²) in [5.41, 5.74) is 2.60. The average Bonchev–Trinajstić information content (AvgIpc) is 3.09. The van der Waals surface area contributed by atoms with Crippen LogP contribution in [0.25, 0.3) is 10.2 Å². The van der Waals surface area contributed by atoms with Gasteiger partial charge in [0.2, 0.25) is 5.28 Å². The molecule has 0 unspecified atom stereocenters. The average molecular weight is 316 g/mol. The number of aryl methyl sites for hydroxylation is 1. The van der Waals surface area contributed by atoms with Gasteiger partial charge < -0.3 is 4.90 Å². The number of aromatic nitrogens is 2. The van der Waals surface area contributed by atoms with E-state index < -0.39 is 0 Å². The molecule has 4 rings (SSSR count). The van der Waals surface area contributed by atoms with Crippen LogP contribution in [0.5, 0.6) is 0 Å². The highest BCUT2D eigenvalue weighted by Gasteiger charge is 2.24. The Bertz CT molecular complexity index is 828. The second kappa shape index (κ2) is 4.97. The summed E-state index contributed by atoms with van der Waals surface area (Å²) < 4.78 is 0. The summed E-state index contributed by atoms with van der Waals surface area (Å²) in [5, 5.41) is 1.43. The molecular formula is C16H14ClN3S. The van der Waals surface area contributed by atoms with E-state index in [1.54, 1.807) is 11.3 Å². The van der Waals surface area contributed by atoms with Gasteiger partial charge in [-0.2, -0.15) is 4.98 Å². The van der Waals surface area contributed by atoms with Gasteiger partial charge >= 0.3 is 0 Å². The van der Waals surface area contributed by atoms with Gasteiger partial charge in [0.1, 0.15) is 10.6 Å². The summed E-state index contributed by atoms with van der Waals surface area (Å²) in [6.07, 6.45) is 2.05. The molecular weight excluding hydrogens is 302 g/mol. The molecule has 106 valence electrons. The first-order chi connectivity index (χ1) is 10.3. The fourth-order valence-electron chi connectivity index (χ4n) is 2.87. The topological polar surface area (TPSA) is 29.0 Å². The number of hydrogen-bond donors (Lipinski definition) is 0. The van der Waals surface area contributed by atoms with E-state index in [2.05, 4.69) is 52.1 Å². The largest absolute Gasteiger partial charge is 0.325 e. The second-order valence-electron chi connectivity index (χ2n) is 5.13. The van der Waals surface area contributed by atoms with Crippen molar-refractivity contribution >= 4 is 44.7 Å². The zero-order valence-corrected chi connectivity index (χ0v) is 13.2. The Morgan fingerprint density at radius 1 is 1.29 bits per heavy atom.